The Bertz CT molecular complexity index is 385. The first-order valence-electron chi connectivity index (χ1n) is 7.98. The molecular formula is C17H27NS. The Kier molecular flexibility index (Phi) is 4.00. The van der Waals surface area contributed by atoms with Crippen LogP contribution in [0.5, 0.6) is 0 Å². The molecule has 3 rings (SSSR count). The Hall–Kier alpha value is -0.340. The third-order valence-corrected chi connectivity index (χ3v) is 6.47. The second-order valence-corrected chi connectivity index (χ2v) is 7.91. The number of hydrogen-bond donors (Lipinski definition) is 1. The molecule has 0 aromatic carbocycles. The van der Waals surface area contributed by atoms with E-state index >= 15 is 0 Å². The van der Waals surface area contributed by atoms with Crippen molar-refractivity contribution in [2.24, 2.45) is 17.3 Å². The van der Waals surface area contributed by atoms with Gasteiger partial charge >= 0.3 is 0 Å². The van der Waals surface area contributed by atoms with Crippen molar-refractivity contribution >= 4 is 11.3 Å². The highest BCUT2D eigenvalue weighted by Gasteiger charge is 2.45. The van der Waals surface area contributed by atoms with Gasteiger partial charge in [-0.2, -0.15) is 0 Å². The van der Waals surface area contributed by atoms with Crippen LogP contribution < -0.4 is 5.32 Å². The first-order chi connectivity index (χ1) is 9.21. The molecule has 0 aliphatic heterocycles. The summed E-state index contributed by atoms with van der Waals surface area (Å²) in [7, 11) is 0. The first-order valence-corrected chi connectivity index (χ1v) is 8.86. The molecule has 0 radical (unpaired) electrons. The third kappa shape index (κ3) is 2.90. The van der Waals surface area contributed by atoms with Gasteiger partial charge < -0.3 is 5.32 Å². The summed E-state index contributed by atoms with van der Waals surface area (Å²) in [6.45, 7) is 6.01. The van der Waals surface area contributed by atoms with Crippen molar-refractivity contribution in [3.05, 3.63) is 22.4 Å². The average Bonchev–Trinajstić information content (AvgIpc) is 2.85. The van der Waals surface area contributed by atoms with Crippen LogP contribution in [-0.4, -0.2) is 6.54 Å². The molecule has 1 unspecified atom stereocenters. The fraction of sp³-hybridized carbons (Fsp3) is 0.765. The Morgan fingerprint density at radius 3 is 2.58 bits per heavy atom. The van der Waals surface area contributed by atoms with Crippen LogP contribution in [0.3, 0.4) is 0 Å². The molecular weight excluding hydrogens is 250 g/mol. The average molecular weight is 277 g/mol. The summed E-state index contributed by atoms with van der Waals surface area (Å²) in [6.07, 6.45) is 8.57. The molecule has 106 valence electrons. The van der Waals surface area contributed by atoms with Gasteiger partial charge in [0.2, 0.25) is 0 Å². The lowest BCUT2D eigenvalue weighted by Gasteiger charge is -2.28. The standard InChI is InChI=1S/C17H27NS/c1-13(2)17(9-10-17)12-18-16(14-6-3-4-7-14)15-8-5-11-19-15/h5,8,11,13-14,16,18H,3-4,6-7,9-10,12H2,1-2H3. The number of nitrogens with one attached hydrogen (secondary N) is 1. The summed E-state index contributed by atoms with van der Waals surface area (Å²) >= 11 is 1.93. The summed E-state index contributed by atoms with van der Waals surface area (Å²) in [5.74, 6) is 1.70. The van der Waals surface area contributed by atoms with E-state index in [1.54, 1.807) is 4.88 Å². The topological polar surface area (TPSA) is 12.0 Å². The van der Waals surface area contributed by atoms with E-state index in [9.17, 15) is 0 Å². The molecule has 0 amide bonds. The quantitative estimate of drug-likeness (QED) is 0.771. The highest BCUT2D eigenvalue weighted by atomic mass is 32.1. The van der Waals surface area contributed by atoms with E-state index in [-0.39, 0.29) is 0 Å². The molecule has 2 fully saturated rings. The summed E-state index contributed by atoms with van der Waals surface area (Å²) in [5.41, 5.74) is 0.619. The van der Waals surface area contributed by atoms with Gasteiger partial charge in [0.15, 0.2) is 0 Å². The fourth-order valence-corrected chi connectivity index (χ4v) is 4.58. The summed E-state index contributed by atoms with van der Waals surface area (Å²) in [6, 6.07) is 5.16. The van der Waals surface area contributed by atoms with E-state index in [1.165, 1.54) is 45.1 Å². The van der Waals surface area contributed by atoms with Crippen molar-refractivity contribution in [2.45, 2.75) is 58.4 Å². The predicted octanol–water partition coefficient (Wildman–Crippen LogP) is 5.01. The largest absolute Gasteiger partial charge is 0.308 e. The highest BCUT2D eigenvalue weighted by Crippen LogP contribution is 2.52. The number of rotatable bonds is 6. The maximum absolute atomic E-state index is 3.96. The SMILES string of the molecule is CC(C)C1(CNC(c2cccs2)C2CCCC2)CC1. The third-order valence-electron chi connectivity index (χ3n) is 5.51. The molecule has 1 atom stereocenters. The van der Waals surface area contributed by atoms with Crippen LogP contribution in [0.4, 0.5) is 0 Å². The minimum Gasteiger partial charge on any atom is -0.308 e. The van der Waals surface area contributed by atoms with E-state index in [1.807, 2.05) is 11.3 Å². The number of thiophene rings is 1. The molecule has 1 heterocycles. The monoisotopic (exact) mass is 277 g/mol. The molecule has 1 aromatic rings. The maximum Gasteiger partial charge on any atom is 0.0443 e. The van der Waals surface area contributed by atoms with Crippen LogP contribution in [-0.2, 0) is 0 Å². The molecule has 2 heteroatoms. The van der Waals surface area contributed by atoms with Crippen molar-refractivity contribution < 1.29 is 0 Å². The fourth-order valence-electron chi connectivity index (χ4n) is 3.69. The molecule has 0 saturated heterocycles. The van der Waals surface area contributed by atoms with Gasteiger partial charge in [-0.3, -0.25) is 0 Å². The van der Waals surface area contributed by atoms with Gasteiger partial charge in [0.25, 0.3) is 0 Å². The second-order valence-electron chi connectivity index (χ2n) is 6.94. The van der Waals surface area contributed by atoms with Gasteiger partial charge in [-0.1, -0.05) is 32.8 Å². The summed E-state index contributed by atoms with van der Waals surface area (Å²) in [4.78, 5) is 1.56. The van der Waals surface area contributed by atoms with Gasteiger partial charge in [0.05, 0.1) is 0 Å². The molecule has 0 bridgehead atoms. The lowest BCUT2D eigenvalue weighted by molar-refractivity contribution is 0.287. The van der Waals surface area contributed by atoms with Crippen molar-refractivity contribution in [3.8, 4) is 0 Å². The van der Waals surface area contributed by atoms with E-state index in [2.05, 4.69) is 36.7 Å². The molecule has 2 aliphatic rings. The van der Waals surface area contributed by atoms with Crippen molar-refractivity contribution in [1.29, 1.82) is 0 Å². The second kappa shape index (κ2) is 5.57. The smallest absolute Gasteiger partial charge is 0.0443 e. The zero-order valence-electron chi connectivity index (χ0n) is 12.3. The zero-order chi connectivity index (χ0) is 13.3. The Balaban J connectivity index is 1.66. The maximum atomic E-state index is 3.96. The Morgan fingerprint density at radius 2 is 2.05 bits per heavy atom. The number of hydrogen-bond acceptors (Lipinski definition) is 2. The van der Waals surface area contributed by atoms with Crippen molar-refractivity contribution in [1.82, 2.24) is 5.32 Å². The van der Waals surface area contributed by atoms with E-state index in [4.69, 9.17) is 0 Å². The highest BCUT2D eigenvalue weighted by molar-refractivity contribution is 7.10. The van der Waals surface area contributed by atoms with Crippen LogP contribution in [0, 0.1) is 17.3 Å². The Labute approximate surface area is 121 Å². The molecule has 19 heavy (non-hydrogen) atoms. The molecule has 1 N–H and O–H groups in total. The molecule has 2 saturated carbocycles. The van der Waals surface area contributed by atoms with Crippen LogP contribution >= 0.6 is 11.3 Å². The zero-order valence-corrected chi connectivity index (χ0v) is 13.1. The van der Waals surface area contributed by atoms with Gasteiger partial charge in [-0.05, 0) is 54.4 Å². The lowest BCUT2D eigenvalue weighted by atomic mass is 9.90. The minimum atomic E-state index is 0.619. The molecule has 1 aromatic heterocycles. The van der Waals surface area contributed by atoms with Gasteiger partial charge in [0.1, 0.15) is 0 Å². The molecule has 0 spiro atoms. The van der Waals surface area contributed by atoms with Gasteiger partial charge in [0, 0.05) is 17.5 Å². The molecule has 2 aliphatic carbocycles. The van der Waals surface area contributed by atoms with Crippen molar-refractivity contribution in [2.75, 3.05) is 6.54 Å². The first kappa shape index (κ1) is 13.6. The van der Waals surface area contributed by atoms with Crippen LogP contribution in [0.1, 0.15) is 63.3 Å². The van der Waals surface area contributed by atoms with E-state index < -0.39 is 0 Å². The van der Waals surface area contributed by atoms with E-state index in [0.717, 1.165) is 11.8 Å². The van der Waals surface area contributed by atoms with Crippen LogP contribution in [0.15, 0.2) is 17.5 Å². The normalized spacial score (nSPS) is 23.9. The Morgan fingerprint density at radius 1 is 1.32 bits per heavy atom. The summed E-state index contributed by atoms with van der Waals surface area (Å²) < 4.78 is 0. The molecule has 1 nitrogen and oxygen atoms in total. The van der Waals surface area contributed by atoms with Crippen molar-refractivity contribution in [3.63, 3.8) is 0 Å². The lowest BCUT2D eigenvalue weighted by Crippen LogP contribution is -2.33. The van der Waals surface area contributed by atoms with Crippen LogP contribution in [0.25, 0.3) is 0 Å². The predicted molar refractivity (Wildman–Crippen MR) is 83.5 cm³/mol. The van der Waals surface area contributed by atoms with Crippen LogP contribution in [0.2, 0.25) is 0 Å². The van der Waals surface area contributed by atoms with Gasteiger partial charge in [-0.25, -0.2) is 0 Å². The van der Waals surface area contributed by atoms with E-state index in [0.29, 0.717) is 11.5 Å². The summed E-state index contributed by atoms with van der Waals surface area (Å²) in [5, 5.41) is 6.19. The minimum absolute atomic E-state index is 0.619. The van der Waals surface area contributed by atoms with Gasteiger partial charge in [-0.15, -0.1) is 11.3 Å².